The van der Waals surface area contributed by atoms with E-state index in [4.69, 9.17) is 5.26 Å². The standard InChI is InChI=1S/C13H10FN3S/c1-9-8-18-13(17-9)10(6-15)7-16-12-4-2-3-11(14)5-12/h2-5,7-8,16H,1H3/b10-7+. The number of nitrogens with zero attached hydrogens (tertiary/aromatic N) is 2. The first kappa shape index (κ1) is 12.3. The monoisotopic (exact) mass is 259 g/mol. The maximum atomic E-state index is 13.0. The highest BCUT2D eigenvalue weighted by atomic mass is 32.1. The largest absolute Gasteiger partial charge is 0.360 e. The highest BCUT2D eigenvalue weighted by molar-refractivity contribution is 7.10. The minimum atomic E-state index is -0.322. The van der Waals surface area contributed by atoms with E-state index in [1.807, 2.05) is 12.3 Å². The van der Waals surface area contributed by atoms with Crippen molar-refractivity contribution in [2.75, 3.05) is 5.32 Å². The molecule has 0 spiro atoms. The van der Waals surface area contributed by atoms with Crippen LogP contribution in [-0.4, -0.2) is 4.98 Å². The second-order valence-electron chi connectivity index (χ2n) is 3.62. The lowest BCUT2D eigenvalue weighted by Crippen LogP contribution is -1.91. The van der Waals surface area contributed by atoms with Crippen LogP contribution >= 0.6 is 11.3 Å². The zero-order valence-electron chi connectivity index (χ0n) is 9.64. The lowest BCUT2D eigenvalue weighted by molar-refractivity contribution is 0.628. The zero-order chi connectivity index (χ0) is 13.0. The number of anilines is 1. The van der Waals surface area contributed by atoms with E-state index in [-0.39, 0.29) is 5.82 Å². The Morgan fingerprint density at radius 1 is 1.56 bits per heavy atom. The van der Waals surface area contributed by atoms with E-state index in [0.29, 0.717) is 16.3 Å². The Kier molecular flexibility index (Phi) is 3.70. The Hall–Kier alpha value is -2.19. The van der Waals surface area contributed by atoms with Crippen molar-refractivity contribution in [3.05, 3.63) is 52.4 Å². The van der Waals surface area contributed by atoms with Crippen LogP contribution in [0.5, 0.6) is 0 Å². The number of benzene rings is 1. The van der Waals surface area contributed by atoms with Crippen LogP contribution in [0.2, 0.25) is 0 Å². The van der Waals surface area contributed by atoms with Gasteiger partial charge in [-0.3, -0.25) is 0 Å². The molecule has 18 heavy (non-hydrogen) atoms. The number of nitriles is 1. The summed E-state index contributed by atoms with van der Waals surface area (Å²) >= 11 is 1.40. The third kappa shape index (κ3) is 2.93. The van der Waals surface area contributed by atoms with Crippen molar-refractivity contribution in [2.24, 2.45) is 0 Å². The molecule has 1 heterocycles. The molecule has 0 aliphatic carbocycles. The van der Waals surface area contributed by atoms with E-state index in [1.165, 1.54) is 29.7 Å². The first-order chi connectivity index (χ1) is 8.69. The lowest BCUT2D eigenvalue weighted by Gasteiger charge is -2.00. The van der Waals surface area contributed by atoms with Gasteiger partial charge in [0.05, 0.1) is 0 Å². The second kappa shape index (κ2) is 5.43. The van der Waals surface area contributed by atoms with Gasteiger partial charge in [0.2, 0.25) is 0 Å². The van der Waals surface area contributed by atoms with Crippen LogP contribution < -0.4 is 5.32 Å². The maximum Gasteiger partial charge on any atom is 0.135 e. The second-order valence-corrected chi connectivity index (χ2v) is 4.48. The summed E-state index contributed by atoms with van der Waals surface area (Å²) in [4.78, 5) is 4.23. The molecule has 90 valence electrons. The summed E-state index contributed by atoms with van der Waals surface area (Å²) in [5.41, 5.74) is 1.90. The Morgan fingerprint density at radius 2 is 2.39 bits per heavy atom. The molecule has 1 aromatic carbocycles. The molecule has 1 aromatic heterocycles. The Balaban J connectivity index is 2.19. The zero-order valence-corrected chi connectivity index (χ0v) is 10.5. The topological polar surface area (TPSA) is 48.7 Å². The van der Waals surface area contributed by atoms with Crippen LogP contribution in [0.1, 0.15) is 10.7 Å². The highest BCUT2D eigenvalue weighted by Crippen LogP contribution is 2.19. The summed E-state index contributed by atoms with van der Waals surface area (Å²) in [5.74, 6) is -0.322. The fourth-order valence-electron chi connectivity index (χ4n) is 1.35. The number of nitrogens with one attached hydrogen (secondary N) is 1. The van der Waals surface area contributed by atoms with Crippen molar-refractivity contribution in [3.63, 3.8) is 0 Å². The number of rotatable bonds is 3. The highest BCUT2D eigenvalue weighted by Gasteiger charge is 2.05. The normalized spacial score (nSPS) is 11.1. The third-order valence-corrected chi connectivity index (χ3v) is 3.17. The van der Waals surface area contributed by atoms with Gasteiger partial charge in [0.1, 0.15) is 22.5 Å². The molecule has 2 rings (SSSR count). The van der Waals surface area contributed by atoms with Gasteiger partial charge in [-0.05, 0) is 25.1 Å². The van der Waals surface area contributed by atoms with Crippen LogP contribution in [0.25, 0.3) is 5.57 Å². The smallest absolute Gasteiger partial charge is 0.135 e. The molecule has 0 aliphatic heterocycles. The fourth-order valence-corrected chi connectivity index (χ4v) is 2.12. The number of thiazole rings is 1. The molecule has 0 fully saturated rings. The van der Waals surface area contributed by atoms with E-state index < -0.39 is 0 Å². The summed E-state index contributed by atoms with van der Waals surface area (Å²) < 4.78 is 13.0. The van der Waals surface area contributed by atoms with Crippen LogP contribution in [0.3, 0.4) is 0 Å². The fraction of sp³-hybridized carbons (Fsp3) is 0.0769. The molecule has 3 nitrogen and oxygen atoms in total. The Bertz CT molecular complexity index is 625. The van der Waals surface area contributed by atoms with E-state index >= 15 is 0 Å². The molecule has 2 aromatic rings. The molecule has 0 bridgehead atoms. The molecule has 0 saturated carbocycles. The van der Waals surface area contributed by atoms with Gasteiger partial charge in [0.15, 0.2) is 0 Å². The van der Waals surface area contributed by atoms with Crippen molar-refractivity contribution in [3.8, 4) is 6.07 Å². The Morgan fingerprint density at radius 3 is 3.00 bits per heavy atom. The van der Waals surface area contributed by atoms with Crippen molar-refractivity contribution < 1.29 is 4.39 Å². The molecule has 0 amide bonds. The number of hydrogen-bond donors (Lipinski definition) is 1. The molecular weight excluding hydrogens is 249 g/mol. The molecular formula is C13H10FN3S. The summed E-state index contributed by atoms with van der Waals surface area (Å²) in [5, 5.41) is 14.5. The summed E-state index contributed by atoms with van der Waals surface area (Å²) in [6.07, 6.45) is 1.53. The van der Waals surface area contributed by atoms with Gasteiger partial charge in [-0.1, -0.05) is 6.07 Å². The van der Waals surface area contributed by atoms with Gasteiger partial charge in [-0.15, -0.1) is 11.3 Å². The van der Waals surface area contributed by atoms with E-state index in [0.717, 1.165) is 5.69 Å². The first-order valence-corrected chi connectivity index (χ1v) is 6.12. The minimum absolute atomic E-state index is 0.322. The number of aromatic nitrogens is 1. The van der Waals surface area contributed by atoms with Crippen molar-refractivity contribution >= 4 is 22.6 Å². The molecule has 0 unspecified atom stereocenters. The molecule has 0 saturated heterocycles. The van der Waals surface area contributed by atoms with Gasteiger partial charge in [0.25, 0.3) is 0 Å². The molecule has 0 radical (unpaired) electrons. The number of hydrogen-bond acceptors (Lipinski definition) is 4. The van der Waals surface area contributed by atoms with Gasteiger partial charge in [-0.25, -0.2) is 9.37 Å². The van der Waals surface area contributed by atoms with E-state index in [2.05, 4.69) is 16.4 Å². The first-order valence-electron chi connectivity index (χ1n) is 5.24. The Labute approximate surface area is 108 Å². The number of aryl methyl sites for hydroxylation is 1. The van der Waals surface area contributed by atoms with Crippen LogP contribution in [-0.2, 0) is 0 Å². The minimum Gasteiger partial charge on any atom is -0.360 e. The van der Waals surface area contributed by atoms with Crippen LogP contribution in [0, 0.1) is 24.1 Å². The quantitative estimate of drug-likeness (QED) is 0.857. The average molecular weight is 259 g/mol. The van der Waals surface area contributed by atoms with E-state index in [1.54, 1.807) is 12.1 Å². The van der Waals surface area contributed by atoms with Gasteiger partial charge in [-0.2, -0.15) is 5.26 Å². The maximum absolute atomic E-state index is 13.0. The summed E-state index contributed by atoms with van der Waals surface area (Å²) in [7, 11) is 0. The molecule has 5 heteroatoms. The summed E-state index contributed by atoms with van der Waals surface area (Å²) in [6.45, 7) is 1.87. The van der Waals surface area contributed by atoms with Crippen molar-refractivity contribution in [2.45, 2.75) is 6.92 Å². The SMILES string of the molecule is Cc1csc(/C(C#N)=C/Nc2cccc(F)c2)n1. The van der Waals surface area contributed by atoms with Crippen LogP contribution in [0.4, 0.5) is 10.1 Å². The third-order valence-electron chi connectivity index (χ3n) is 2.18. The van der Waals surface area contributed by atoms with Crippen LogP contribution in [0.15, 0.2) is 35.8 Å². The van der Waals surface area contributed by atoms with E-state index in [9.17, 15) is 4.39 Å². The molecule has 1 N–H and O–H groups in total. The number of allylic oxidation sites excluding steroid dienone is 1. The molecule has 0 atom stereocenters. The van der Waals surface area contributed by atoms with Crippen molar-refractivity contribution in [1.82, 2.24) is 4.98 Å². The van der Waals surface area contributed by atoms with Gasteiger partial charge < -0.3 is 5.32 Å². The number of halogens is 1. The molecule has 0 aliphatic rings. The van der Waals surface area contributed by atoms with Gasteiger partial charge in [0, 0.05) is 23.0 Å². The predicted molar refractivity (Wildman–Crippen MR) is 70.5 cm³/mol. The van der Waals surface area contributed by atoms with Gasteiger partial charge >= 0.3 is 0 Å². The summed E-state index contributed by atoms with van der Waals surface area (Å²) in [6, 6.07) is 8.12. The predicted octanol–water partition coefficient (Wildman–Crippen LogP) is 3.57. The lowest BCUT2D eigenvalue weighted by atomic mass is 10.3. The average Bonchev–Trinajstić information content (AvgIpc) is 2.77. The van der Waals surface area contributed by atoms with Crippen molar-refractivity contribution in [1.29, 1.82) is 5.26 Å².